The summed E-state index contributed by atoms with van der Waals surface area (Å²) in [4.78, 5) is 3.95. The molecule has 1 aromatic carbocycles. The minimum Gasteiger partial charge on any atom is -0.436 e. The molecule has 0 aliphatic carbocycles. The number of rotatable bonds is 3. The van der Waals surface area contributed by atoms with Crippen LogP contribution in [0.15, 0.2) is 43.1 Å². The smallest absolute Gasteiger partial charge is 0.219 e. The van der Waals surface area contributed by atoms with Crippen LogP contribution in [0.2, 0.25) is 0 Å². The maximum Gasteiger partial charge on any atom is 0.219 e. The average Bonchev–Trinajstić information content (AvgIpc) is 2.34. The standard InChI is InChI=1S/C13H9F2NO/c1-2-9-3-6-13(16-8-9)17-12-5-4-10(14)7-11(12)15/h2-8H,1H2. The van der Waals surface area contributed by atoms with E-state index in [9.17, 15) is 8.78 Å². The largest absolute Gasteiger partial charge is 0.436 e. The van der Waals surface area contributed by atoms with E-state index in [0.29, 0.717) is 0 Å². The Kier molecular flexibility index (Phi) is 3.14. The molecular formula is C13H9F2NO. The quantitative estimate of drug-likeness (QED) is 0.804. The highest BCUT2D eigenvalue weighted by molar-refractivity contribution is 5.45. The fourth-order valence-corrected chi connectivity index (χ4v) is 1.24. The van der Waals surface area contributed by atoms with Crippen molar-refractivity contribution in [2.24, 2.45) is 0 Å². The molecule has 0 atom stereocenters. The van der Waals surface area contributed by atoms with Gasteiger partial charge in [0.05, 0.1) is 0 Å². The SMILES string of the molecule is C=Cc1ccc(Oc2ccc(F)cc2F)nc1. The Labute approximate surface area is 97.2 Å². The lowest BCUT2D eigenvalue weighted by molar-refractivity contribution is 0.423. The van der Waals surface area contributed by atoms with Crippen molar-refractivity contribution in [2.45, 2.75) is 0 Å². The molecule has 0 unspecified atom stereocenters. The van der Waals surface area contributed by atoms with Crippen LogP contribution < -0.4 is 4.74 Å². The lowest BCUT2D eigenvalue weighted by Crippen LogP contribution is -1.91. The summed E-state index contributed by atoms with van der Waals surface area (Å²) in [5.74, 6) is -1.24. The number of benzene rings is 1. The van der Waals surface area contributed by atoms with Crippen LogP contribution in [0.1, 0.15) is 5.56 Å². The third-order valence-corrected chi connectivity index (χ3v) is 2.10. The van der Waals surface area contributed by atoms with Gasteiger partial charge in [0.2, 0.25) is 5.88 Å². The Balaban J connectivity index is 2.22. The molecule has 0 aliphatic heterocycles. The third kappa shape index (κ3) is 2.66. The first kappa shape index (κ1) is 11.3. The fraction of sp³-hybridized carbons (Fsp3) is 0. The normalized spacial score (nSPS) is 10.0. The summed E-state index contributed by atoms with van der Waals surface area (Å²) < 4.78 is 31.1. The van der Waals surface area contributed by atoms with Gasteiger partial charge in [-0.25, -0.2) is 13.8 Å². The van der Waals surface area contributed by atoms with Gasteiger partial charge in [-0.05, 0) is 23.8 Å². The molecule has 0 N–H and O–H groups in total. The Hall–Kier alpha value is -2.23. The van der Waals surface area contributed by atoms with Crippen molar-refractivity contribution in [3.05, 3.63) is 60.3 Å². The van der Waals surface area contributed by atoms with Crippen LogP contribution in [-0.4, -0.2) is 4.98 Å². The molecule has 0 amide bonds. The monoisotopic (exact) mass is 233 g/mol. The number of hydrogen-bond donors (Lipinski definition) is 0. The molecule has 1 aromatic heterocycles. The number of aromatic nitrogens is 1. The molecule has 0 saturated heterocycles. The summed E-state index contributed by atoms with van der Waals surface area (Å²) in [7, 11) is 0. The molecule has 86 valence electrons. The first-order valence-corrected chi connectivity index (χ1v) is 4.90. The van der Waals surface area contributed by atoms with Gasteiger partial charge < -0.3 is 4.74 Å². The number of nitrogens with zero attached hydrogens (tertiary/aromatic N) is 1. The molecule has 0 spiro atoms. The van der Waals surface area contributed by atoms with Gasteiger partial charge in [-0.3, -0.25) is 0 Å². The van der Waals surface area contributed by atoms with Gasteiger partial charge in [0.25, 0.3) is 0 Å². The highest BCUT2D eigenvalue weighted by Gasteiger charge is 2.06. The second-order valence-electron chi connectivity index (χ2n) is 3.31. The second kappa shape index (κ2) is 4.74. The molecule has 0 bridgehead atoms. The Morgan fingerprint density at radius 2 is 2.00 bits per heavy atom. The van der Waals surface area contributed by atoms with Gasteiger partial charge >= 0.3 is 0 Å². The molecule has 2 nitrogen and oxygen atoms in total. The molecule has 2 rings (SSSR count). The van der Waals surface area contributed by atoms with Crippen molar-refractivity contribution in [1.29, 1.82) is 0 Å². The van der Waals surface area contributed by atoms with Crippen molar-refractivity contribution in [1.82, 2.24) is 4.98 Å². The summed E-state index contributed by atoms with van der Waals surface area (Å²) in [5, 5.41) is 0. The van der Waals surface area contributed by atoms with Gasteiger partial charge in [0.1, 0.15) is 5.82 Å². The van der Waals surface area contributed by atoms with E-state index in [1.54, 1.807) is 24.4 Å². The zero-order valence-electron chi connectivity index (χ0n) is 8.86. The van der Waals surface area contributed by atoms with Gasteiger partial charge in [0.15, 0.2) is 11.6 Å². The van der Waals surface area contributed by atoms with E-state index >= 15 is 0 Å². The van der Waals surface area contributed by atoms with Crippen LogP contribution >= 0.6 is 0 Å². The van der Waals surface area contributed by atoms with E-state index < -0.39 is 11.6 Å². The predicted molar refractivity (Wildman–Crippen MR) is 60.8 cm³/mol. The first-order chi connectivity index (χ1) is 8.19. The number of halogens is 2. The maximum atomic E-state index is 13.3. The van der Waals surface area contributed by atoms with E-state index in [2.05, 4.69) is 11.6 Å². The Morgan fingerprint density at radius 1 is 1.18 bits per heavy atom. The molecule has 0 aliphatic rings. The molecule has 2 aromatic rings. The Morgan fingerprint density at radius 3 is 2.59 bits per heavy atom. The van der Waals surface area contributed by atoms with Crippen molar-refractivity contribution in [3.8, 4) is 11.6 Å². The van der Waals surface area contributed by atoms with Crippen LogP contribution in [0.5, 0.6) is 11.6 Å². The molecule has 17 heavy (non-hydrogen) atoms. The summed E-state index contributed by atoms with van der Waals surface area (Å²) >= 11 is 0. The van der Waals surface area contributed by atoms with Crippen LogP contribution in [0, 0.1) is 11.6 Å². The van der Waals surface area contributed by atoms with E-state index in [1.165, 1.54) is 6.07 Å². The summed E-state index contributed by atoms with van der Waals surface area (Å²) in [6.45, 7) is 3.59. The van der Waals surface area contributed by atoms with Gasteiger partial charge in [0, 0.05) is 18.3 Å². The van der Waals surface area contributed by atoms with Gasteiger partial charge in [-0.15, -0.1) is 0 Å². The van der Waals surface area contributed by atoms with E-state index in [4.69, 9.17) is 4.74 Å². The fourth-order valence-electron chi connectivity index (χ4n) is 1.24. The molecule has 0 saturated carbocycles. The van der Waals surface area contributed by atoms with Crippen molar-refractivity contribution in [2.75, 3.05) is 0 Å². The number of hydrogen-bond acceptors (Lipinski definition) is 2. The van der Waals surface area contributed by atoms with E-state index in [-0.39, 0.29) is 11.6 Å². The van der Waals surface area contributed by atoms with Crippen LogP contribution in [-0.2, 0) is 0 Å². The van der Waals surface area contributed by atoms with Crippen molar-refractivity contribution >= 4 is 6.08 Å². The number of ether oxygens (including phenoxy) is 1. The maximum absolute atomic E-state index is 13.3. The first-order valence-electron chi connectivity index (χ1n) is 4.90. The zero-order valence-corrected chi connectivity index (χ0v) is 8.86. The summed E-state index contributed by atoms with van der Waals surface area (Å²) in [5.41, 5.74) is 0.830. The predicted octanol–water partition coefficient (Wildman–Crippen LogP) is 3.80. The van der Waals surface area contributed by atoms with Crippen molar-refractivity contribution < 1.29 is 13.5 Å². The molecule has 4 heteroatoms. The lowest BCUT2D eigenvalue weighted by Gasteiger charge is -2.05. The van der Waals surface area contributed by atoms with E-state index in [1.807, 2.05) is 0 Å². The highest BCUT2D eigenvalue weighted by atomic mass is 19.1. The van der Waals surface area contributed by atoms with Crippen molar-refractivity contribution in [3.63, 3.8) is 0 Å². The van der Waals surface area contributed by atoms with Gasteiger partial charge in [-0.1, -0.05) is 12.7 Å². The molecule has 1 heterocycles. The summed E-state index contributed by atoms with van der Waals surface area (Å²) in [6.07, 6.45) is 3.18. The molecular weight excluding hydrogens is 224 g/mol. The average molecular weight is 233 g/mol. The molecule has 0 radical (unpaired) electrons. The van der Waals surface area contributed by atoms with Crippen LogP contribution in [0.25, 0.3) is 6.08 Å². The van der Waals surface area contributed by atoms with Crippen LogP contribution in [0.4, 0.5) is 8.78 Å². The Bertz CT molecular complexity index is 538. The lowest BCUT2D eigenvalue weighted by atomic mass is 10.3. The van der Waals surface area contributed by atoms with E-state index in [0.717, 1.165) is 17.7 Å². The number of pyridine rings is 1. The topological polar surface area (TPSA) is 22.1 Å². The molecule has 0 fully saturated rings. The minimum atomic E-state index is -0.764. The van der Waals surface area contributed by atoms with Gasteiger partial charge in [-0.2, -0.15) is 0 Å². The third-order valence-electron chi connectivity index (χ3n) is 2.10. The summed E-state index contributed by atoms with van der Waals surface area (Å²) in [6, 6.07) is 6.41. The second-order valence-corrected chi connectivity index (χ2v) is 3.31. The van der Waals surface area contributed by atoms with Crippen LogP contribution in [0.3, 0.4) is 0 Å². The minimum absolute atomic E-state index is 0.0646. The highest BCUT2D eigenvalue weighted by Crippen LogP contribution is 2.23. The zero-order chi connectivity index (χ0) is 12.3.